The van der Waals surface area contributed by atoms with E-state index < -0.39 is 12.1 Å². The highest BCUT2D eigenvalue weighted by atomic mass is 19.4. The molecule has 0 amide bonds. The van der Waals surface area contributed by atoms with Gasteiger partial charge in [0.25, 0.3) is 0 Å². The second-order valence-corrected chi connectivity index (χ2v) is 7.67. The van der Waals surface area contributed by atoms with Gasteiger partial charge in [-0.25, -0.2) is 9.50 Å². The van der Waals surface area contributed by atoms with E-state index in [0.29, 0.717) is 25.4 Å². The van der Waals surface area contributed by atoms with Crippen LogP contribution in [0.3, 0.4) is 0 Å². The van der Waals surface area contributed by atoms with Gasteiger partial charge in [0, 0.05) is 30.2 Å². The molecule has 1 aliphatic heterocycles. The molecule has 4 rings (SSSR count). The molecule has 1 saturated heterocycles. The van der Waals surface area contributed by atoms with Gasteiger partial charge in [-0.05, 0) is 51.5 Å². The van der Waals surface area contributed by atoms with Crippen molar-refractivity contribution in [3.63, 3.8) is 0 Å². The van der Waals surface area contributed by atoms with E-state index in [0.717, 1.165) is 42.2 Å². The van der Waals surface area contributed by atoms with Gasteiger partial charge in [-0.15, -0.1) is 0 Å². The van der Waals surface area contributed by atoms with E-state index in [-0.39, 0.29) is 18.8 Å². The molecule has 3 heterocycles. The van der Waals surface area contributed by atoms with E-state index in [1.165, 1.54) is 0 Å². The molecule has 1 saturated carbocycles. The summed E-state index contributed by atoms with van der Waals surface area (Å²) in [6.07, 6.45) is -0.524. The zero-order valence-electron chi connectivity index (χ0n) is 14.9. The lowest BCUT2D eigenvalue weighted by atomic mass is 9.80. The molecule has 26 heavy (non-hydrogen) atoms. The molecule has 142 valence electrons. The number of halogens is 3. The van der Waals surface area contributed by atoms with Crippen molar-refractivity contribution in [3.8, 4) is 0 Å². The molecular weight excluding hydrogens is 343 g/mol. The van der Waals surface area contributed by atoms with E-state index in [1.807, 2.05) is 17.5 Å². The highest BCUT2D eigenvalue weighted by Gasteiger charge is 2.42. The average Bonchev–Trinajstić information content (AvgIpc) is 3.05. The highest BCUT2D eigenvalue weighted by Crippen LogP contribution is 2.42. The van der Waals surface area contributed by atoms with Crippen LogP contribution in [-0.2, 0) is 4.74 Å². The van der Waals surface area contributed by atoms with Crippen LogP contribution in [0, 0.1) is 12.8 Å². The Morgan fingerprint density at radius 1 is 1.08 bits per heavy atom. The van der Waals surface area contributed by atoms with Crippen molar-refractivity contribution < 1.29 is 17.9 Å². The van der Waals surface area contributed by atoms with E-state index in [2.05, 4.69) is 11.1 Å². The number of aromatic nitrogens is 3. The number of aryl methyl sites for hydroxylation is 1. The molecule has 0 spiro atoms. The van der Waals surface area contributed by atoms with E-state index in [9.17, 15) is 13.2 Å². The van der Waals surface area contributed by atoms with Crippen LogP contribution in [0.1, 0.15) is 67.4 Å². The third-order valence-corrected chi connectivity index (χ3v) is 5.79. The Labute approximate surface area is 150 Å². The molecule has 7 heteroatoms. The number of nitrogens with zero attached hydrogens (tertiary/aromatic N) is 3. The maximum atomic E-state index is 12.9. The normalized spacial score (nSPS) is 27.8. The number of rotatable bonds is 2. The van der Waals surface area contributed by atoms with E-state index in [1.54, 1.807) is 0 Å². The lowest BCUT2D eigenvalue weighted by Gasteiger charge is -2.28. The average molecular weight is 367 g/mol. The summed E-state index contributed by atoms with van der Waals surface area (Å²) in [5.41, 5.74) is 3.70. The molecule has 1 aliphatic carbocycles. The first kappa shape index (κ1) is 17.8. The van der Waals surface area contributed by atoms with Crippen molar-refractivity contribution in [2.75, 3.05) is 13.2 Å². The summed E-state index contributed by atoms with van der Waals surface area (Å²) < 4.78 is 46.2. The number of alkyl halides is 3. The number of fused-ring (bicyclic) bond motifs is 1. The van der Waals surface area contributed by atoms with Gasteiger partial charge in [0.1, 0.15) is 0 Å². The van der Waals surface area contributed by atoms with Crippen molar-refractivity contribution in [1.82, 2.24) is 14.6 Å². The van der Waals surface area contributed by atoms with E-state index >= 15 is 0 Å². The maximum Gasteiger partial charge on any atom is 0.391 e. The Hall–Kier alpha value is -1.63. The third kappa shape index (κ3) is 3.46. The smallest absolute Gasteiger partial charge is 0.381 e. The first-order chi connectivity index (χ1) is 12.4. The van der Waals surface area contributed by atoms with Gasteiger partial charge in [-0.3, -0.25) is 0 Å². The van der Waals surface area contributed by atoms with Gasteiger partial charge >= 0.3 is 6.18 Å². The Bertz CT molecular complexity index is 772. The van der Waals surface area contributed by atoms with Crippen LogP contribution in [0.2, 0.25) is 0 Å². The van der Waals surface area contributed by atoms with Gasteiger partial charge < -0.3 is 4.74 Å². The minimum Gasteiger partial charge on any atom is -0.381 e. The molecule has 1 atom stereocenters. The fraction of sp³-hybridized carbons (Fsp3) is 0.684. The third-order valence-electron chi connectivity index (χ3n) is 5.79. The summed E-state index contributed by atoms with van der Waals surface area (Å²) in [4.78, 5) is 4.58. The molecule has 4 nitrogen and oxygen atoms in total. The van der Waals surface area contributed by atoms with Crippen molar-refractivity contribution in [3.05, 3.63) is 29.2 Å². The quantitative estimate of drug-likeness (QED) is 0.768. The summed E-state index contributed by atoms with van der Waals surface area (Å²) in [6.45, 7) is 3.45. The van der Waals surface area contributed by atoms with Crippen LogP contribution in [0.4, 0.5) is 13.2 Å². The fourth-order valence-corrected chi connectivity index (χ4v) is 4.33. The molecule has 2 fully saturated rings. The van der Waals surface area contributed by atoms with E-state index in [4.69, 9.17) is 9.84 Å². The van der Waals surface area contributed by atoms with Gasteiger partial charge in [0.05, 0.1) is 23.9 Å². The summed E-state index contributed by atoms with van der Waals surface area (Å²) >= 11 is 0. The molecule has 0 bridgehead atoms. The highest BCUT2D eigenvalue weighted by molar-refractivity contribution is 5.43. The van der Waals surface area contributed by atoms with Gasteiger partial charge in [0.2, 0.25) is 0 Å². The first-order valence-electron chi connectivity index (χ1n) is 9.43. The van der Waals surface area contributed by atoms with Crippen LogP contribution in [0.15, 0.2) is 12.1 Å². The fourth-order valence-electron chi connectivity index (χ4n) is 4.33. The molecule has 2 aromatic rings. The predicted molar refractivity (Wildman–Crippen MR) is 91.3 cm³/mol. The summed E-state index contributed by atoms with van der Waals surface area (Å²) in [7, 11) is 0. The molecule has 0 radical (unpaired) electrons. The maximum absolute atomic E-state index is 12.9. The van der Waals surface area contributed by atoms with Crippen molar-refractivity contribution in [2.45, 2.75) is 63.5 Å². The Morgan fingerprint density at radius 3 is 2.50 bits per heavy atom. The molecule has 0 aromatic carbocycles. The lowest BCUT2D eigenvalue weighted by Crippen LogP contribution is -2.27. The standard InChI is InChI=1S/C19H24F3N3O/c1-12-9-17(14-3-2-8-26-11-14)25-18(23-12)10-16(24-25)13-4-6-15(7-5-13)19(20,21)22/h9-10,13-15H,2-8,11H2,1H3/t13?,14-,15?/m0/s1. The Kier molecular flexibility index (Phi) is 4.67. The summed E-state index contributed by atoms with van der Waals surface area (Å²) in [5, 5.41) is 4.76. The number of hydrogen-bond donors (Lipinski definition) is 0. The minimum atomic E-state index is -4.07. The molecule has 0 N–H and O–H groups in total. The van der Waals surface area contributed by atoms with Gasteiger partial charge in [-0.2, -0.15) is 18.3 Å². The second-order valence-electron chi connectivity index (χ2n) is 7.67. The molecule has 2 aliphatic rings. The van der Waals surface area contributed by atoms with Crippen LogP contribution in [0.5, 0.6) is 0 Å². The minimum absolute atomic E-state index is 0.0889. The predicted octanol–water partition coefficient (Wildman–Crippen LogP) is 4.77. The Morgan fingerprint density at radius 2 is 1.85 bits per heavy atom. The monoisotopic (exact) mass is 367 g/mol. The number of hydrogen-bond acceptors (Lipinski definition) is 3. The van der Waals surface area contributed by atoms with Crippen LogP contribution in [-0.4, -0.2) is 34.0 Å². The molecule has 0 unspecified atom stereocenters. The summed E-state index contributed by atoms with van der Waals surface area (Å²) in [6, 6.07) is 4.02. The topological polar surface area (TPSA) is 39.4 Å². The van der Waals surface area contributed by atoms with Crippen molar-refractivity contribution in [1.29, 1.82) is 0 Å². The molecular formula is C19H24F3N3O. The van der Waals surface area contributed by atoms with Crippen LogP contribution in [0.25, 0.3) is 5.65 Å². The Balaban J connectivity index is 1.60. The second kappa shape index (κ2) is 6.83. The van der Waals surface area contributed by atoms with Crippen molar-refractivity contribution >= 4 is 5.65 Å². The molecule has 2 aromatic heterocycles. The van der Waals surface area contributed by atoms with Gasteiger partial charge in [0.15, 0.2) is 5.65 Å². The first-order valence-corrected chi connectivity index (χ1v) is 9.43. The number of ether oxygens (including phenoxy) is 1. The zero-order valence-corrected chi connectivity index (χ0v) is 14.9. The summed E-state index contributed by atoms with van der Waals surface area (Å²) in [5.74, 6) is -0.779. The SMILES string of the molecule is Cc1cc([C@H]2CCCOC2)n2nc(C3CCC(C(F)(F)F)CC3)cc2n1. The zero-order chi connectivity index (χ0) is 18.3. The lowest BCUT2D eigenvalue weighted by molar-refractivity contribution is -0.182. The van der Waals surface area contributed by atoms with Crippen molar-refractivity contribution in [2.24, 2.45) is 5.92 Å². The van der Waals surface area contributed by atoms with Gasteiger partial charge in [-0.1, -0.05) is 0 Å². The van der Waals surface area contributed by atoms with Crippen LogP contribution >= 0.6 is 0 Å². The van der Waals surface area contributed by atoms with Crippen LogP contribution < -0.4 is 0 Å². The largest absolute Gasteiger partial charge is 0.391 e.